The average molecular weight is 365 g/mol. The van der Waals surface area contributed by atoms with E-state index in [4.69, 9.17) is 9.15 Å². The molecule has 26 heavy (non-hydrogen) atoms. The summed E-state index contributed by atoms with van der Waals surface area (Å²) in [7, 11) is 0. The van der Waals surface area contributed by atoms with Crippen molar-refractivity contribution in [2.75, 3.05) is 6.61 Å². The lowest BCUT2D eigenvalue weighted by Crippen LogP contribution is -2.60. The van der Waals surface area contributed by atoms with Gasteiger partial charge in [0.15, 0.2) is 0 Å². The molecule has 1 aliphatic heterocycles. The maximum Gasteiger partial charge on any atom is 0.328 e. The molecule has 0 radical (unpaired) electrons. The number of carbonyl (C=O) groups excluding carboxylic acids is 1. The van der Waals surface area contributed by atoms with E-state index in [0.29, 0.717) is 5.56 Å². The van der Waals surface area contributed by atoms with Crippen LogP contribution in [0.3, 0.4) is 0 Å². The van der Waals surface area contributed by atoms with Crippen LogP contribution in [-0.4, -0.2) is 56.6 Å². The second-order valence-corrected chi connectivity index (χ2v) is 6.17. The van der Waals surface area contributed by atoms with Crippen molar-refractivity contribution in [3.05, 3.63) is 56.8 Å². The summed E-state index contributed by atoms with van der Waals surface area (Å²) >= 11 is 0. The van der Waals surface area contributed by atoms with E-state index in [1.807, 2.05) is 0 Å². The molecule has 0 unspecified atom stereocenters. The average Bonchev–Trinajstić information content (AvgIpc) is 3.14. The smallest absolute Gasteiger partial charge is 0.328 e. The Morgan fingerprint density at radius 2 is 2.15 bits per heavy atom. The molecule has 3 heterocycles. The Bertz CT molecular complexity index is 886. The van der Waals surface area contributed by atoms with Crippen molar-refractivity contribution < 1.29 is 24.2 Å². The highest BCUT2D eigenvalue weighted by atomic mass is 16.5. The van der Waals surface area contributed by atoms with Crippen LogP contribution in [0.5, 0.6) is 0 Å². The molecule has 1 saturated heterocycles. The summed E-state index contributed by atoms with van der Waals surface area (Å²) in [5, 5.41) is 23.1. The maximum absolute atomic E-state index is 12.0. The SMILES string of the molecule is Cc1cn(C[C@H]2OC[C@@H](NC(=O)c3ccoc3)[C@H](O)[C@@H]2O)c(=O)[nH]c1=O. The minimum atomic E-state index is -1.34. The summed E-state index contributed by atoms with van der Waals surface area (Å²) in [5.41, 5.74) is -0.510. The second kappa shape index (κ2) is 7.28. The lowest BCUT2D eigenvalue weighted by Gasteiger charge is -2.38. The third-order valence-corrected chi connectivity index (χ3v) is 4.30. The first-order chi connectivity index (χ1) is 12.4. The van der Waals surface area contributed by atoms with E-state index in [0.717, 1.165) is 0 Å². The highest BCUT2D eigenvalue weighted by molar-refractivity contribution is 5.94. The summed E-state index contributed by atoms with van der Waals surface area (Å²) in [6, 6.07) is 0.646. The molecule has 4 atom stereocenters. The molecule has 0 bridgehead atoms. The number of ether oxygens (including phenoxy) is 1. The molecule has 3 rings (SSSR count). The third-order valence-electron chi connectivity index (χ3n) is 4.30. The number of aliphatic hydroxyl groups is 2. The van der Waals surface area contributed by atoms with Gasteiger partial charge in [0.05, 0.1) is 31.0 Å². The molecule has 4 N–H and O–H groups in total. The van der Waals surface area contributed by atoms with Crippen molar-refractivity contribution in [1.29, 1.82) is 0 Å². The molecule has 10 heteroatoms. The molecule has 1 amide bonds. The zero-order chi connectivity index (χ0) is 18.8. The number of aromatic nitrogens is 2. The van der Waals surface area contributed by atoms with Crippen LogP contribution in [0.1, 0.15) is 15.9 Å². The minimum Gasteiger partial charge on any atom is -0.472 e. The largest absolute Gasteiger partial charge is 0.472 e. The molecular formula is C16H19N3O7. The topological polar surface area (TPSA) is 147 Å². The number of hydrogen-bond acceptors (Lipinski definition) is 7. The predicted octanol–water partition coefficient (Wildman–Crippen LogP) is -1.64. The molecule has 2 aromatic rings. The standard InChI is InChI=1S/C16H19N3O7/c1-8-4-19(16(24)18-14(8)22)5-11-13(21)12(20)10(7-26-11)17-15(23)9-2-3-25-6-9/h2-4,6,10-13,20-21H,5,7H2,1H3,(H,17,23)(H,18,22,24)/t10-,11-,12+,13-/m1/s1. The Morgan fingerprint density at radius 1 is 1.38 bits per heavy atom. The lowest BCUT2D eigenvalue weighted by atomic mass is 9.97. The Morgan fingerprint density at radius 3 is 2.85 bits per heavy atom. The van der Waals surface area contributed by atoms with Gasteiger partial charge in [-0.15, -0.1) is 0 Å². The van der Waals surface area contributed by atoms with E-state index < -0.39 is 41.5 Å². The number of nitrogens with zero attached hydrogens (tertiary/aromatic N) is 1. The molecule has 0 aliphatic carbocycles. The highest BCUT2D eigenvalue weighted by Gasteiger charge is 2.39. The summed E-state index contributed by atoms with van der Waals surface area (Å²) in [6.45, 7) is 1.43. The Balaban J connectivity index is 1.67. The molecule has 10 nitrogen and oxygen atoms in total. The van der Waals surface area contributed by atoms with Gasteiger partial charge in [0.1, 0.15) is 24.6 Å². The number of hydrogen-bond donors (Lipinski definition) is 4. The number of amides is 1. The fourth-order valence-corrected chi connectivity index (χ4v) is 2.76. The molecule has 0 spiro atoms. The Kier molecular flexibility index (Phi) is 5.07. The number of furan rings is 1. The number of rotatable bonds is 4. The first-order valence-corrected chi connectivity index (χ1v) is 7.98. The summed E-state index contributed by atoms with van der Waals surface area (Å²) in [6.07, 6.45) is 0.459. The number of aryl methyl sites for hydroxylation is 1. The molecular weight excluding hydrogens is 346 g/mol. The van der Waals surface area contributed by atoms with Crippen LogP contribution in [0.25, 0.3) is 0 Å². The van der Waals surface area contributed by atoms with Gasteiger partial charge >= 0.3 is 5.69 Å². The number of H-pyrrole nitrogens is 1. The fourth-order valence-electron chi connectivity index (χ4n) is 2.76. The molecule has 140 valence electrons. The van der Waals surface area contributed by atoms with E-state index in [1.54, 1.807) is 6.92 Å². The second-order valence-electron chi connectivity index (χ2n) is 6.17. The van der Waals surface area contributed by atoms with Gasteiger partial charge in [-0.05, 0) is 13.0 Å². The van der Waals surface area contributed by atoms with Gasteiger partial charge in [-0.1, -0.05) is 0 Å². The normalized spacial score (nSPS) is 25.8. The monoisotopic (exact) mass is 365 g/mol. The zero-order valence-corrected chi connectivity index (χ0v) is 13.9. The molecule has 0 saturated carbocycles. The van der Waals surface area contributed by atoms with Crippen LogP contribution in [0.2, 0.25) is 0 Å². The maximum atomic E-state index is 12.0. The van der Waals surface area contributed by atoms with Crippen LogP contribution in [0.4, 0.5) is 0 Å². The first-order valence-electron chi connectivity index (χ1n) is 7.98. The number of carbonyl (C=O) groups is 1. The van der Waals surface area contributed by atoms with Crippen molar-refractivity contribution in [2.45, 2.75) is 37.8 Å². The molecule has 2 aromatic heterocycles. The fraction of sp³-hybridized carbons (Fsp3) is 0.438. The van der Waals surface area contributed by atoms with Crippen molar-refractivity contribution in [3.63, 3.8) is 0 Å². The van der Waals surface area contributed by atoms with Crippen LogP contribution in [0.15, 0.2) is 38.8 Å². The molecule has 0 aromatic carbocycles. The van der Waals surface area contributed by atoms with Gasteiger partial charge in [0.2, 0.25) is 0 Å². The summed E-state index contributed by atoms with van der Waals surface area (Å²) in [5.74, 6) is -0.468. The van der Waals surface area contributed by atoms with Crippen LogP contribution in [0, 0.1) is 6.92 Å². The van der Waals surface area contributed by atoms with Crippen LogP contribution in [-0.2, 0) is 11.3 Å². The van der Waals surface area contributed by atoms with Gasteiger partial charge in [-0.25, -0.2) is 4.79 Å². The summed E-state index contributed by atoms with van der Waals surface area (Å²) in [4.78, 5) is 37.4. The van der Waals surface area contributed by atoms with Gasteiger partial charge in [-0.3, -0.25) is 19.1 Å². The van der Waals surface area contributed by atoms with Gasteiger partial charge < -0.3 is 24.7 Å². The van der Waals surface area contributed by atoms with Crippen molar-refractivity contribution in [1.82, 2.24) is 14.9 Å². The van der Waals surface area contributed by atoms with E-state index >= 15 is 0 Å². The number of nitrogens with one attached hydrogen (secondary N) is 2. The van der Waals surface area contributed by atoms with Gasteiger partial charge in [0, 0.05) is 11.8 Å². The third kappa shape index (κ3) is 3.62. The summed E-state index contributed by atoms with van der Waals surface area (Å²) < 4.78 is 11.5. The number of aromatic amines is 1. The van der Waals surface area contributed by atoms with E-state index in [9.17, 15) is 24.6 Å². The van der Waals surface area contributed by atoms with Crippen LogP contribution < -0.4 is 16.6 Å². The minimum absolute atomic E-state index is 0.0520. The first kappa shape index (κ1) is 18.1. The van der Waals surface area contributed by atoms with Crippen LogP contribution >= 0.6 is 0 Å². The van der Waals surface area contributed by atoms with E-state index in [2.05, 4.69) is 10.3 Å². The Hall–Kier alpha value is -2.69. The number of aliphatic hydroxyl groups excluding tert-OH is 2. The van der Waals surface area contributed by atoms with E-state index in [1.165, 1.54) is 29.4 Å². The molecule has 1 aliphatic rings. The predicted molar refractivity (Wildman–Crippen MR) is 87.8 cm³/mol. The Labute approximate surface area is 147 Å². The molecule has 1 fully saturated rings. The van der Waals surface area contributed by atoms with Gasteiger partial charge in [0.25, 0.3) is 11.5 Å². The van der Waals surface area contributed by atoms with Crippen molar-refractivity contribution >= 4 is 5.91 Å². The van der Waals surface area contributed by atoms with Crippen molar-refractivity contribution in [3.8, 4) is 0 Å². The lowest BCUT2D eigenvalue weighted by molar-refractivity contribution is -0.152. The van der Waals surface area contributed by atoms with Gasteiger partial charge in [-0.2, -0.15) is 0 Å². The highest BCUT2D eigenvalue weighted by Crippen LogP contribution is 2.17. The zero-order valence-electron chi connectivity index (χ0n) is 13.9. The van der Waals surface area contributed by atoms with Crippen molar-refractivity contribution in [2.24, 2.45) is 0 Å². The quantitative estimate of drug-likeness (QED) is 0.508. The van der Waals surface area contributed by atoms with E-state index in [-0.39, 0.29) is 18.7 Å².